The Morgan fingerprint density at radius 2 is 1.81 bits per heavy atom. The molecule has 3 heterocycles. The number of alkyl halides is 3. The van der Waals surface area contributed by atoms with Crippen LogP contribution in [0.25, 0.3) is 0 Å². The molecule has 47 heavy (non-hydrogen) atoms. The lowest BCUT2D eigenvalue weighted by molar-refractivity contribution is -0.166. The smallest absolute Gasteiger partial charge is 0.417 e. The molecule has 0 radical (unpaired) electrons. The number of rotatable bonds is 5. The molecule has 1 aromatic heterocycles. The Kier molecular flexibility index (Phi) is 8.77. The van der Waals surface area contributed by atoms with Crippen LogP contribution in [0.5, 0.6) is 0 Å². The molecule has 7 nitrogen and oxygen atoms in total. The Labute approximate surface area is 278 Å². The molecule has 1 unspecified atom stereocenters. The molecule has 1 aromatic carbocycles. The number of hydrogen-bond donors (Lipinski definition) is 0. The zero-order valence-electron chi connectivity index (χ0n) is 28.2. The van der Waals surface area contributed by atoms with Crippen molar-refractivity contribution in [2.24, 2.45) is 5.41 Å². The number of esters is 1. The van der Waals surface area contributed by atoms with E-state index in [4.69, 9.17) is 23.4 Å². The van der Waals surface area contributed by atoms with E-state index in [2.05, 4.69) is 27.0 Å². The summed E-state index contributed by atoms with van der Waals surface area (Å²) >= 11 is -0.456. The van der Waals surface area contributed by atoms with E-state index in [0.717, 1.165) is 47.7 Å². The van der Waals surface area contributed by atoms with Gasteiger partial charge in [0.1, 0.15) is 35.7 Å². The van der Waals surface area contributed by atoms with Gasteiger partial charge in [-0.1, -0.05) is 26.3 Å². The first kappa shape index (κ1) is 34.2. The first-order valence-electron chi connectivity index (χ1n) is 16.5. The van der Waals surface area contributed by atoms with Crippen molar-refractivity contribution in [1.29, 1.82) is 5.26 Å². The molecule has 2 spiro atoms. The molecule has 11 heteroatoms. The lowest BCUT2D eigenvalue weighted by Gasteiger charge is -2.52. The van der Waals surface area contributed by atoms with Crippen LogP contribution in [-0.4, -0.2) is 35.2 Å². The number of ether oxygens (including phenoxy) is 3. The highest BCUT2D eigenvalue weighted by molar-refractivity contribution is 7.93. The number of aromatic nitrogens is 1. The molecular formula is C36H44F3N2O5S+. The molecule has 1 saturated carbocycles. The number of carbonyl (C=O) groups is 1. The van der Waals surface area contributed by atoms with E-state index in [-0.39, 0.29) is 28.2 Å². The second-order valence-electron chi connectivity index (χ2n) is 14.8. The van der Waals surface area contributed by atoms with Gasteiger partial charge in [0.05, 0.1) is 28.5 Å². The summed E-state index contributed by atoms with van der Waals surface area (Å²) in [7, 11) is 0. The third-order valence-electron chi connectivity index (χ3n) is 10.5. The van der Waals surface area contributed by atoms with Gasteiger partial charge in [-0.05, 0) is 69.2 Å². The number of benzene rings is 1. The summed E-state index contributed by atoms with van der Waals surface area (Å²) in [5, 5.41) is 9.77. The van der Waals surface area contributed by atoms with Crippen molar-refractivity contribution < 1.29 is 36.4 Å². The Morgan fingerprint density at radius 1 is 1.13 bits per heavy atom. The zero-order valence-corrected chi connectivity index (χ0v) is 29.0. The van der Waals surface area contributed by atoms with Crippen molar-refractivity contribution in [2.75, 3.05) is 19.5 Å². The van der Waals surface area contributed by atoms with Crippen LogP contribution >= 0.6 is 0 Å². The standard InChI is InChI=1S/C36H44F3N2O5S/c1-20(2)29-27-28(35(13-15-43-16-14-35)45-31(27)22-9-10-24(36(37,38)39)23(17-22)19-40)26-25(46-47(7)33(4,5)6)18-34(11-8-12-34)32(30(26)41-29)44-21(3)42/h9-10,17,20,25,31-32H,8,11-16,18H2,1-7H3/q+1/t25-,31+,32-,47?/m0/s1. The quantitative estimate of drug-likeness (QED) is 0.233. The second kappa shape index (κ2) is 12.0. The van der Waals surface area contributed by atoms with E-state index in [1.54, 1.807) is 6.07 Å². The van der Waals surface area contributed by atoms with Gasteiger partial charge in [0.15, 0.2) is 4.75 Å². The Morgan fingerprint density at radius 3 is 2.34 bits per heavy atom. The van der Waals surface area contributed by atoms with Crippen LogP contribution in [0.1, 0.15) is 149 Å². The van der Waals surface area contributed by atoms with E-state index >= 15 is 0 Å². The highest BCUT2D eigenvalue weighted by Crippen LogP contribution is 2.65. The number of carbonyl (C=O) groups excluding carboxylic acids is 1. The summed E-state index contributed by atoms with van der Waals surface area (Å²) < 4.78 is 67.5. The summed E-state index contributed by atoms with van der Waals surface area (Å²) in [6, 6.07) is 5.46. The molecule has 254 valence electrons. The van der Waals surface area contributed by atoms with Gasteiger partial charge in [-0.2, -0.15) is 22.6 Å². The second-order valence-corrected chi connectivity index (χ2v) is 17.1. The Balaban J connectivity index is 1.65. The fourth-order valence-electron chi connectivity index (χ4n) is 7.80. The van der Waals surface area contributed by atoms with E-state index in [0.29, 0.717) is 43.7 Å². The normalized spacial score (nSPS) is 25.2. The van der Waals surface area contributed by atoms with Crippen LogP contribution in [-0.2, 0) is 46.1 Å². The summed E-state index contributed by atoms with van der Waals surface area (Å²) in [6.45, 7) is 12.9. The SMILES string of the molecule is CC(=O)O[C@H]1c2nc(C(C)C)c3c(c2[C@@H](O[S+](C)C(C)(C)C)CC12CCC2)C1(CCOCC1)O[C@@H]3c1ccc(C(F)(F)F)c(C#N)c1. The third kappa shape index (κ3) is 5.87. The van der Waals surface area contributed by atoms with Crippen LogP contribution in [0.15, 0.2) is 18.2 Å². The van der Waals surface area contributed by atoms with Crippen LogP contribution < -0.4 is 0 Å². The van der Waals surface area contributed by atoms with Crippen LogP contribution in [0.4, 0.5) is 13.2 Å². The van der Waals surface area contributed by atoms with Crippen LogP contribution in [0.3, 0.4) is 0 Å². The molecule has 0 N–H and O–H groups in total. The first-order valence-corrected chi connectivity index (χ1v) is 18.0. The molecule has 0 amide bonds. The van der Waals surface area contributed by atoms with Gasteiger partial charge in [-0.3, -0.25) is 9.78 Å². The van der Waals surface area contributed by atoms with Gasteiger partial charge in [0.25, 0.3) is 0 Å². The van der Waals surface area contributed by atoms with E-state index in [1.165, 1.54) is 19.1 Å². The van der Waals surface area contributed by atoms with Crippen molar-refractivity contribution in [1.82, 2.24) is 4.98 Å². The van der Waals surface area contributed by atoms with Gasteiger partial charge < -0.3 is 14.2 Å². The molecule has 2 aliphatic carbocycles. The number of halogens is 3. The van der Waals surface area contributed by atoms with Crippen LogP contribution in [0.2, 0.25) is 0 Å². The minimum Gasteiger partial charge on any atom is -0.455 e. The van der Waals surface area contributed by atoms with Gasteiger partial charge in [-0.15, -0.1) is 0 Å². The average Bonchev–Trinajstić information content (AvgIpc) is 3.29. The number of fused-ring (bicyclic) bond motifs is 4. The summed E-state index contributed by atoms with van der Waals surface area (Å²) in [5.41, 5.74) is 2.03. The van der Waals surface area contributed by atoms with Crippen molar-refractivity contribution in [2.45, 2.75) is 121 Å². The fraction of sp³-hybridized carbons (Fsp3) is 0.639. The summed E-state index contributed by atoms with van der Waals surface area (Å²) in [5.74, 6) is -0.458. The van der Waals surface area contributed by atoms with E-state index in [1.807, 2.05) is 13.8 Å². The average molecular weight is 674 g/mol. The number of nitrogens with zero attached hydrogens (tertiary/aromatic N) is 2. The molecule has 4 atom stereocenters. The summed E-state index contributed by atoms with van der Waals surface area (Å²) in [4.78, 5) is 18.0. The van der Waals surface area contributed by atoms with Crippen molar-refractivity contribution in [3.05, 3.63) is 63.0 Å². The number of hydrogen-bond acceptors (Lipinski definition) is 7. The Bertz CT molecular complexity index is 1600. The van der Waals surface area contributed by atoms with Crippen molar-refractivity contribution in [3.8, 4) is 6.07 Å². The molecular weight excluding hydrogens is 629 g/mol. The van der Waals surface area contributed by atoms with Gasteiger partial charge in [-0.25, -0.2) is 0 Å². The fourth-order valence-corrected chi connectivity index (χ4v) is 8.60. The highest BCUT2D eigenvalue weighted by Gasteiger charge is 2.60. The van der Waals surface area contributed by atoms with E-state index < -0.39 is 46.3 Å². The van der Waals surface area contributed by atoms with Gasteiger partial charge in [0, 0.05) is 55.2 Å². The lowest BCUT2D eigenvalue weighted by atomic mass is 9.57. The maximum Gasteiger partial charge on any atom is 0.417 e. The first-order chi connectivity index (χ1) is 22.0. The Hall–Kier alpha value is -2.65. The minimum atomic E-state index is -4.66. The third-order valence-corrected chi connectivity index (χ3v) is 12.7. The lowest BCUT2D eigenvalue weighted by Crippen LogP contribution is -2.46. The largest absolute Gasteiger partial charge is 0.455 e. The molecule has 1 saturated heterocycles. The molecule has 6 rings (SSSR count). The number of pyridine rings is 1. The molecule has 4 aliphatic rings. The maximum atomic E-state index is 13.8. The minimum absolute atomic E-state index is 0.0907. The topological polar surface area (TPSA) is 90.7 Å². The monoisotopic (exact) mass is 673 g/mol. The molecule has 2 aromatic rings. The van der Waals surface area contributed by atoms with Crippen molar-refractivity contribution >= 4 is 17.1 Å². The maximum absolute atomic E-state index is 13.8. The number of nitriles is 1. The van der Waals surface area contributed by atoms with Crippen molar-refractivity contribution in [3.63, 3.8) is 0 Å². The molecule has 2 aliphatic heterocycles. The van der Waals surface area contributed by atoms with Gasteiger partial charge in [0.2, 0.25) is 0 Å². The molecule has 0 bridgehead atoms. The zero-order chi connectivity index (χ0) is 34.1. The van der Waals surface area contributed by atoms with Crippen LogP contribution in [0, 0.1) is 16.7 Å². The predicted molar refractivity (Wildman–Crippen MR) is 171 cm³/mol. The van der Waals surface area contributed by atoms with Gasteiger partial charge >= 0.3 is 12.1 Å². The van der Waals surface area contributed by atoms with E-state index in [9.17, 15) is 23.2 Å². The predicted octanol–water partition coefficient (Wildman–Crippen LogP) is 8.42. The molecule has 2 fully saturated rings. The summed E-state index contributed by atoms with van der Waals surface area (Å²) in [6.07, 6.45) is 0.329. The highest BCUT2D eigenvalue weighted by atomic mass is 32.2.